The molecule has 4 rings (SSSR count). The first-order chi connectivity index (χ1) is 12.6. The van der Waals surface area contributed by atoms with Gasteiger partial charge in [-0.15, -0.1) is 0 Å². The minimum atomic E-state index is -0.780. The lowest BCUT2D eigenvalue weighted by Crippen LogP contribution is -2.58. The molecule has 0 spiro atoms. The average Bonchev–Trinajstić information content (AvgIpc) is 2.61. The van der Waals surface area contributed by atoms with Crippen molar-refractivity contribution >= 4 is 23.4 Å². The van der Waals surface area contributed by atoms with Gasteiger partial charge in [0.2, 0.25) is 5.91 Å². The predicted molar refractivity (Wildman–Crippen MR) is 95.6 cm³/mol. The van der Waals surface area contributed by atoms with Crippen molar-refractivity contribution in [3.8, 4) is 0 Å². The summed E-state index contributed by atoms with van der Waals surface area (Å²) in [5, 5.41) is 3.34. The Morgan fingerprint density at radius 3 is 2.69 bits per heavy atom. The van der Waals surface area contributed by atoms with Gasteiger partial charge in [-0.3, -0.25) is 14.6 Å². The third-order valence-electron chi connectivity index (χ3n) is 4.80. The van der Waals surface area contributed by atoms with Crippen molar-refractivity contribution in [3.63, 3.8) is 0 Å². The summed E-state index contributed by atoms with van der Waals surface area (Å²) in [4.78, 5) is 30.8. The molecule has 3 heterocycles. The second kappa shape index (κ2) is 7.05. The lowest BCUT2D eigenvalue weighted by atomic mass is 9.92. The van der Waals surface area contributed by atoms with Crippen molar-refractivity contribution in [2.24, 2.45) is 0 Å². The van der Waals surface area contributed by atoms with Crippen molar-refractivity contribution in [1.82, 2.24) is 15.2 Å². The highest BCUT2D eigenvalue weighted by Crippen LogP contribution is 2.32. The SMILES string of the molecule is O=C1CO[C@H](C(=O)N2CC(c3ccccn3)C2)[C@@H](c2ccccc2Cl)N1. The van der Waals surface area contributed by atoms with Gasteiger partial charge in [0, 0.05) is 35.9 Å². The number of nitrogens with one attached hydrogen (secondary N) is 1. The van der Waals surface area contributed by atoms with Crippen LogP contribution >= 0.6 is 11.6 Å². The molecule has 2 saturated heterocycles. The first-order valence-electron chi connectivity index (χ1n) is 8.48. The molecule has 6 nitrogen and oxygen atoms in total. The molecule has 1 aromatic carbocycles. The second-order valence-corrected chi connectivity index (χ2v) is 6.90. The van der Waals surface area contributed by atoms with E-state index >= 15 is 0 Å². The van der Waals surface area contributed by atoms with E-state index in [4.69, 9.17) is 16.3 Å². The van der Waals surface area contributed by atoms with E-state index in [9.17, 15) is 9.59 Å². The Morgan fingerprint density at radius 1 is 1.19 bits per heavy atom. The van der Waals surface area contributed by atoms with Crippen LogP contribution in [0.2, 0.25) is 5.02 Å². The fourth-order valence-corrected chi connectivity index (χ4v) is 3.63. The van der Waals surface area contributed by atoms with Crippen LogP contribution in [0.1, 0.15) is 23.2 Å². The van der Waals surface area contributed by atoms with Crippen LogP contribution in [0.5, 0.6) is 0 Å². The molecule has 1 aromatic heterocycles. The van der Waals surface area contributed by atoms with E-state index in [2.05, 4.69) is 10.3 Å². The van der Waals surface area contributed by atoms with Crippen LogP contribution in [0.15, 0.2) is 48.7 Å². The zero-order valence-electron chi connectivity index (χ0n) is 14.0. The number of hydrogen-bond acceptors (Lipinski definition) is 4. The molecule has 2 aliphatic rings. The third kappa shape index (κ3) is 3.18. The quantitative estimate of drug-likeness (QED) is 0.894. The first kappa shape index (κ1) is 17.0. The summed E-state index contributed by atoms with van der Waals surface area (Å²) < 4.78 is 5.59. The molecule has 7 heteroatoms. The van der Waals surface area contributed by atoms with Gasteiger partial charge in [0.25, 0.3) is 5.91 Å². The van der Waals surface area contributed by atoms with Crippen molar-refractivity contribution in [2.45, 2.75) is 18.1 Å². The minimum absolute atomic E-state index is 0.130. The van der Waals surface area contributed by atoms with Crippen LogP contribution in [-0.4, -0.2) is 47.5 Å². The lowest BCUT2D eigenvalue weighted by Gasteiger charge is -2.43. The molecule has 1 N–H and O–H groups in total. The number of ether oxygens (including phenoxy) is 1. The van der Waals surface area contributed by atoms with Gasteiger partial charge >= 0.3 is 0 Å². The molecule has 2 atom stereocenters. The smallest absolute Gasteiger partial charge is 0.254 e. The first-order valence-corrected chi connectivity index (χ1v) is 8.86. The number of aromatic nitrogens is 1. The second-order valence-electron chi connectivity index (χ2n) is 6.49. The van der Waals surface area contributed by atoms with Gasteiger partial charge in [-0.1, -0.05) is 35.9 Å². The number of benzene rings is 1. The molecular weight excluding hydrogens is 354 g/mol. The minimum Gasteiger partial charge on any atom is -0.356 e. The molecule has 0 aliphatic carbocycles. The number of amides is 2. The average molecular weight is 372 g/mol. The van der Waals surface area contributed by atoms with Crippen LogP contribution in [-0.2, 0) is 14.3 Å². The number of carbonyl (C=O) groups excluding carboxylic acids is 2. The van der Waals surface area contributed by atoms with Crippen LogP contribution < -0.4 is 5.32 Å². The van der Waals surface area contributed by atoms with Gasteiger partial charge < -0.3 is 15.0 Å². The van der Waals surface area contributed by atoms with Crippen LogP contribution in [0, 0.1) is 0 Å². The molecule has 2 aromatic rings. The Morgan fingerprint density at radius 2 is 1.96 bits per heavy atom. The number of rotatable bonds is 3. The molecule has 0 radical (unpaired) electrons. The predicted octanol–water partition coefficient (Wildman–Crippen LogP) is 1.92. The number of morpholine rings is 1. The Bertz CT molecular complexity index is 824. The molecule has 2 fully saturated rings. The van der Waals surface area contributed by atoms with Crippen molar-refractivity contribution in [3.05, 3.63) is 64.9 Å². The molecule has 0 unspecified atom stereocenters. The van der Waals surface area contributed by atoms with E-state index in [-0.39, 0.29) is 24.3 Å². The van der Waals surface area contributed by atoms with Gasteiger partial charge in [-0.05, 0) is 23.8 Å². The number of hydrogen-bond donors (Lipinski definition) is 1. The van der Waals surface area contributed by atoms with Gasteiger partial charge in [0.1, 0.15) is 6.61 Å². The topological polar surface area (TPSA) is 71.5 Å². The van der Waals surface area contributed by atoms with Crippen LogP contribution in [0.4, 0.5) is 0 Å². The van der Waals surface area contributed by atoms with Crippen LogP contribution in [0.25, 0.3) is 0 Å². The number of halogens is 1. The van der Waals surface area contributed by atoms with Gasteiger partial charge in [-0.25, -0.2) is 0 Å². The summed E-state index contributed by atoms with van der Waals surface area (Å²) in [5.41, 5.74) is 1.67. The largest absolute Gasteiger partial charge is 0.356 e. The zero-order chi connectivity index (χ0) is 18.1. The summed E-state index contributed by atoms with van der Waals surface area (Å²) in [6.45, 7) is 1.06. The Hall–Kier alpha value is -2.44. The molecule has 0 bridgehead atoms. The van der Waals surface area contributed by atoms with E-state index in [0.29, 0.717) is 23.7 Å². The molecule has 2 aliphatic heterocycles. The van der Waals surface area contributed by atoms with Crippen molar-refractivity contribution in [1.29, 1.82) is 0 Å². The molecule has 26 heavy (non-hydrogen) atoms. The number of carbonyl (C=O) groups is 2. The van der Waals surface area contributed by atoms with Gasteiger partial charge in [0.15, 0.2) is 6.10 Å². The molecular formula is C19H18ClN3O3. The van der Waals surface area contributed by atoms with Gasteiger partial charge in [-0.2, -0.15) is 0 Å². The third-order valence-corrected chi connectivity index (χ3v) is 5.14. The standard InChI is InChI=1S/C19H18ClN3O3/c20-14-6-2-1-5-13(14)17-18(26-11-16(24)22-17)19(25)23-9-12(10-23)15-7-3-4-8-21-15/h1-8,12,17-18H,9-11H2,(H,22,24)/t17-,18+/m1/s1. The summed E-state index contributed by atoms with van der Waals surface area (Å²) >= 11 is 6.27. The maximum absolute atomic E-state index is 12.9. The van der Waals surface area contributed by atoms with E-state index in [0.717, 1.165) is 5.69 Å². The van der Waals surface area contributed by atoms with Crippen molar-refractivity contribution in [2.75, 3.05) is 19.7 Å². The molecule has 0 saturated carbocycles. The van der Waals surface area contributed by atoms with E-state index in [1.807, 2.05) is 24.3 Å². The number of pyridine rings is 1. The highest BCUT2D eigenvalue weighted by molar-refractivity contribution is 6.31. The number of nitrogens with zero attached hydrogens (tertiary/aromatic N) is 2. The van der Waals surface area contributed by atoms with Crippen molar-refractivity contribution < 1.29 is 14.3 Å². The maximum Gasteiger partial charge on any atom is 0.254 e. The zero-order valence-corrected chi connectivity index (χ0v) is 14.7. The van der Waals surface area contributed by atoms with Crippen LogP contribution in [0.3, 0.4) is 0 Å². The Balaban J connectivity index is 1.49. The summed E-state index contributed by atoms with van der Waals surface area (Å²) in [5.74, 6) is -0.159. The van der Waals surface area contributed by atoms with Gasteiger partial charge in [0.05, 0.1) is 6.04 Å². The molecule has 134 valence electrons. The Labute approximate surface area is 156 Å². The number of likely N-dealkylation sites (tertiary alicyclic amines) is 1. The normalized spacial score (nSPS) is 23.3. The summed E-state index contributed by atoms with van der Waals surface area (Å²) in [6.07, 6.45) is 0.977. The maximum atomic E-state index is 12.9. The highest BCUT2D eigenvalue weighted by atomic mass is 35.5. The van der Waals surface area contributed by atoms with E-state index in [1.54, 1.807) is 29.3 Å². The fraction of sp³-hybridized carbons (Fsp3) is 0.316. The highest BCUT2D eigenvalue weighted by Gasteiger charge is 2.43. The lowest BCUT2D eigenvalue weighted by molar-refractivity contribution is -0.158. The fourth-order valence-electron chi connectivity index (χ4n) is 3.38. The van der Waals surface area contributed by atoms with E-state index < -0.39 is 12.1 Å². The Kier molecular flexibility index (Phi) is 4.61. The monoisotopic (exact) mass is 371 g/mol. The van der Waals surface area contributed by atoms with E-state index in [1.165, 1.54) is 0 Å². The summed E-state index contributed by atoms with van der Waals surface area (Å²) in [7, 11) is 0. The molecule has 2 amide bonds. The summed E-state index contributed by atoms with van der Waals surface area (Å²) in [6, 6.07) is 12.4.